The molecule has 1 aromatic rings. The molecule has 1 aromatic carbocycles. The minimum atomic E-state index is -1.46. The van der Waals surface area contributed by atoms with E-state index in [1.807, 2.05) is 0 Å². The zero-order chi connectivity index (χ0) is 8.97. The van der Waals surface area contributed by atoms with Gasteiger partial charge in [0.15, 0.2) is 0 Å². The third-order valence-corrected chi connectivity index (χ3v) is 1.38. The van der Waals surface area contributed by atoms with E-state index in [4.69, 9.17) is 33.2 Å². The van der Waals surface area contributed by atoms with Crippen molar-refractivity contribution in [1.82, 2.24) is 0 Å². The predicted molar refractivity (Wildman–Crippen MR) is 58.7 cm³/mol. The molecule has 2 bridgehead atoms. The van der Waals surface area contributed by atoms with Crippen LogP contribution in [-0.2, 0) is 0 Å². The molecular weight excluding hydrogens is 231 g/mol. The van der Waals surface area contributed by atoms with Gasteiger partial charge in [-0.05, 0) is 17.2 Å². The van der Waals surface area contributed by atoms with Crippen LogP contribution in [0.2, 0.25) is 0 Å². The lowest BCUT2D eigenvalue weighted by Crippen LogP contribution is -1.66. The zero-order valence-electron chi connectivity index (χ0n) is 6.10. The van der Waals surface area contributed by atoms with Gasteiger partial charge in [0, 0.05) is 0 Å². The highest BCUT2D eigenvalue weighted by Gasteiger charge is 1.94. The van der Waals surface area contributed by atoms with E-state index in [1.54, 1.807) is 0 Å². The van der Waals surface area contributed by atoms with Gasteiger partial charge in [-0.1, -0.05) is 30.4 Å². The lowest BCUT2D eigenvalue weighted by atomic mass is 10.2. The lowest BCUT2D eigenvalue weighted by Gasteiger charge is -1.83. The first kappa shape index (κ1) is 10.1. The van der Waals surface area contributed by atoms with Gasteiger partial charge in [-0.15, -0.1) is 33.2 Å². The van der Waals surface area contributed by atoms with E-state index in [2.05, 4.69) is 36.4 Å². The van der Waals surface area contributed by atoms with E-state index in [0.717, 1.165) is 0 Å². The number of fused-ring (bicyclic) bond motifs is 2. The number of hydrogen-bond acceptors (Lipinski definition) is 0. The third-order valence-electron chi connectivity index (χ3n) is 1.38. The second-order valence-corrected chi connectivity index (χ2v) is 7.79. The van der Waals surface area contributed by atoms with Crippen molar-refractivity contribution in [3.63, 3.8) is 0 Å². The van der Waals surface area contributed by atoms with Gasteiger partial charge in [0.25, 0.3) is 0 Å². The molecule has 12 heavy (non-hydrogen) atoms. The van der Waals surface area contributed by atoms with Crippen molar-refractivity contribution < 1.29 is 0 Å². The number of halogens is 3. The Balaban J connectivity index is 0.000000157. The number of rotatable bonds is 0. The summed E-state index contributed by atoms with van der Waals surface area (Å²) in [5, 5.41) is 0. The van der Waals surface area contributed by atoms with Gasteiger partial charge in [0.2, 0.25) is 0 Å². The first-order valence-corrected chi connectivity index (χ1v) is 7.83. The second-order valence-electron chi connectivity index (χ2n) is 2.22. The van der Waals surface area contributed by atoms with Gasteiger partial charge >= 0.3 is 6.73 Å². The quantitative estimate of drug-likeness (QED) is 0.481. The summed E-state index contributed by atoms with van der Waals surface area (Å²) in [5.74, 6) is 0. The Morgan fingerprint density at radius 3 is 1.67 bits per heavy atom. The van der Waals surface area contributed by atoms with Gasteiger partial charge in [0.05, 0.1) is 0 Å². The van der Waals surface area contributed by atoms with Crippen molar-refractivity contribution in [2.45, 2.75) is 0 Å². The first-order valence-electron chi connectivity index (χ1n) is 3.30. The fraction of sp³-hybridized carbons (Fsp3) is 0. The summed E-state index contributed by atoms with van der Waals surface area (Å²) in [5.41, 5.74) is 2.64. The SMILES string of the molecule is C1=Cc2cccc1c2.Cl[Si](Cl)Cl. The van der Waals surface area contributed by atoms with E-state index in [1.165, 1.54) is 11.1 Å². The zero-order valence-corrected chi connectivity index (χ0v) is 9.37. The fourth-order valence-electron chi connectivity index (χ4n) is 0.959. The molecular formula is C8H6Cl3Si. The van der Waals surface area contributed by atoms with Gasteiger partial charge < -0.3 is 0 Å². The third kappa shape index (κ3) is 3.63. The molecule has 0 saturated carbocycles. The molecule has 0 heterocycles. The molecule has 0 nitrogen and oxygen atoms in total. The molecule has 0 spiro atoms. The minimum Gasteiger partial charge on any atom is -0.125 e. The van der Waals surface area contributed by atoms with Crippen LogP contribution in [-0.4, -0.2) is 6.73 Å². The Morgan fingerprint density at radius 1 is 0.917 bits per heavy atom. The summed E-state index contributed by atoms with van der Waals surface area (Å²) in [6, 6.07) is 8.45. The van der Waals surface area contributed by atoms with Crippen LogP contribution in [0.4, 0.5) is 0 Å². The summed E-state index contributed by atoms with van der Waals surface area (Å²) in [6.07, 6.45) is 4.24. The molecule has 2 rings (SSSR count). The molecule has 0 aliphatic heterocycles. The van der Waals surface area contributed by atoms with Gasteiger partial charge in [0.1, 0.15) is 0 Å². The Labute approximate surface area is 87.5 Å². The highest BCUT2D eigenvalue weighted by molar-refractivity contribution is 7.54. The topological polar surface area (TPSA) is 0 Å². The van der Waals surface area contributed by atoms with Crippen LogP contribution < -0.4 is 0 Å². The summed E-state index contributed by atoms with van der Waals surface area (Å²) in [6.45, 7) is -1.46. The fourth-order valence-corrected chi connectivity index (χ4v) is 0.959. The van der Waals surface area contributed by atoms with Gasteiger partial charge in [-0.2, -0.15) is 0 Å². The van der Waals surface area contributed by atoms with Crippen LogP contribution in [0, 0.1) is 0 Å². The van der Waals surface area contributed by atoms with Crippen molar-refractivity contribution >= 4 is 52.1 Å². The Kier molecular flexibility index (Phi) is 4.16. The maximum atomic E-state index is 4.91. The summed E-state index contributed by atoms with van der Waals surface area (Å²) < 4.78 is 0. The summed E-state index contributed by atoms with van der Waals surface area (Å²) in [7, 11) is 0. The standard InChI is InChI=1S/C8H6.Cl3Si/c1-2-7-4-5-8(3-1)6-7;1-4(2)3/h1-6H;. The van der Waals surface area contributed by atoms with E-state index < -0.39 is 6.73 Å². The van der Waals surface area contributed by atoms with Crippen LogP contribution in [0.1, 0.15) is 11.1 Å². The van der Waals surface area contributed by atoms with Crippen molar-refractivity contribution in [1.29, 1.82) is 0 Å². The Hall–Kier alpha value is 0.0469. The molecule has 63 valence electrons. The highest BCUT2D eigenvalue weighted by atomic mass is 35.8. The van der Waals surface area contributed by atoms with E-state index in [9.17, 15) is 0 Å². The molecule has 0 aromatic heterocycles. The molecule has 4 heteroatoms. The molecule has 0 atom stereocenters. The normalized spacial score (nSPS) is 11.3. The Morgan fingerprint density at radius 2 is 1.33 bits per heavy atom. The summed E-state index contributed by atoms with van der Waals surface area (Å²) in [4.78, 5) is 0. The minimum absolute atomic E-state index is 1.32. The monoisotopic (exact) mass is 235 g/mol. The van der Waals surface area contributed by atoms with Crippen LogP contribution >= 0.6 is 33.2 Å². The largest absolute Gasteiger partial charge is 0.376 e. The molecule has 0 unspecified atom stereocenters. The molecule has 0 saturated heterocycles. The molecule has 0 fully saturated rings. The molecule has 1 aliphatic rings. The molecule has 1 aliphatic carbocycles. The van der Waals surface area contributed by atoms with Crippen LogP contribution in [0.3, 0.4) is 0 Å². The first-order chi connectivity index (χ1) is 5.68. The van der Waals surface area contributed by atoms with Crippen molar-refractivity contribution in [3.8, 4) is 0 Å². The van der Waals surface area contributed by atoms with Crippen LogP contribution in [0.25, 0.3) is 12.2 Å². The predicted octanol–water partition coefficient (Wildman–Crippen LogP) is 3.86. The number of benzene rings is 1. The number of hydrogen-bond donors (Lipinski definition) is 0. The van der Waals surface area contributed by atoms with Gasteiger partial charge in [-0.25, -0.2) is 0 Å². The van der Waals surface area contributed by atoms with Crippen molar-refractivity contribution in [2.24, 2.45) is 0 Å². The highest BCUT2D eigenvalue weighted by Crippen LogP contribution is 2.16. The molecule has 0 N–H and O–H groups in total. The van der Waals surface area contributed by atoms with Gasteiger partial charge in [-0.3, -0.25) is 0 Å². The summed E-state index contributed by atoms with van der Waals surface area (Å²) >= 11 is 14.7. The van der Waals surface area contributed by atoms with E-state index in [0.29, 0.717) is 0 Å². The van der Waals surface area contributed by atoms with E-state index in [-0.39, 0.29) is 0 Å². The van der Waals surface area contributed by atoms with Crippen molar-refractivity contribution in [2.75, 3.05) is 0 Å². The Bertz CT molecular complexity index is 259. The van der Waals surface area contributed by atoms with Crippen LogP contribution in [0.15, 0.2) is 24.3 Å². The average molecular weight is 237 g/mol. The maximum Gasteiger partial charge on any atom is 0.376 e. The molecule has 1 radical (unpaired) electrons. The van der Waals surface area contributed by atoms with Crippen molar-refractivity contribution in [3.05, 3.63) is 35.4 Å². The van der Waals surface area contributed by atoms with Crippen LogP contribution in [0.5, 0.6) is 0 Å². The average Bonchev–Trinajstić information content (AvgIpc) is 2.30. The second kappa shape index (κ2) is 4.93. The smallest absolute Gasteiger partial charge is 0.125 e. The maximum absolute atomic E-state index is 4.91. The molecule has 0 amide bonds. The van der Waals surface area contributed by atoms with E-state index >= 15 is 0 Å². The lowest BCUT2D eigenvalue weighted by molar-refractivity contribution is 1.67.